The second-order valence-electron chi connectivity index (χ2n) is 7.48. The van der Waals surface area contributed by atoms with Gasteiger partial charge in [0.2, 0.25) is 11.8 Å². The molecular formula is C23H16N2O2. The Morgan fingerprint density at radius 1 is 0.630 bits per heavy atom. The lowest BCUT2D eigenvalue weighted by molar-refractivity contribution is -0.122. The van der Waals surface area contributed by atoms with Crippen molar-refractivity contribution in [2.45, 2.75) is 11.8 Å². The number of anilines is 1. The molecule has 2 bridgehead atoms. The summed E-state index contributed by atoms with van der Waals surface area (Å²) in [6.45, 7) is 0. The van der Waals surface area contributed by atoms with Crippen LogP contribution in [0.5, 0.6) is 0 Å². The lowest BCUT2D eigenvalue weighted by Gasteiger charge is -2.45. The van der Waals surface area contributed by atoms with Gasteiger partial charge < -0.3 is 0 Å². The molecular weight excluding hydrogens is 336 g/mol. The first-order valence-electron chi connectivity index (χ1n) is 9.23. The molecule has 130 valence electrons. The maximum atomic E-state index is 13.4. The monoisotopic (exact) mass is 352 g/mol. The zero-order valence-corrected chi connectivity index (χ0v) is 14.4. The highest BCUT2D eigenvalue weighted by Gasteiger charge is 2.61. The van der Waals surface area contributed by atoms with Gasteiger partial charge in [-0.2, -0.15) is 0 Å². The summed E-state index contributed by atoms with van der Waals surface area (Å²) < 4.78 is 0. The zero-order chi connectivity index (χ0) is 18.1. The molecule has 2 heterocycles. The first kappa shape index (κ1) is 14.9. The summed E-state index contributed by atoms with van der Waals surface area (Å²) in [6, 6.07) is 20.0. The third-order valence-electron chi connectivity index (χ3n) is 6.37. The number of benzene rings is 2. The number of rotatable bonds is 1. The van der Waals surface area contributed by atoms with E-state index in [9.17, 15) is 9.59 Å². The fraction of sp³-hybridized carbons (Fsp3) is 0.174. The van der Waals surface area contributed by atoms with E-state index in [2.05, 4.69) is 29.2 Å². The molecule has 4 heteroatoms. The Labute approximate surface area is 156 Å². The number of imide groups is 1. The molecule has 0 spiro atoms. The van der Waals surface area contributed by atoms with Crippen molar-refractivity contribution in [1.29, 1.82) is 0 Å². The predicted molar refractivity (Wildman–Crippen MR) is 100 cm³/mol. The van der Waals surface area contributed by atoms with E-state index in [0.717, 1.165) is 0 Å². The molecule has 2 aromatic carbocycles. The number of carbonyl (C=O) groups is 2. The van der Waals surface area contributed by atoms with Gasteiger partial charge >= 0.3 is 0 Å². The maximum absolute atomic E-state index is 13.4. The van der Waals surface area contributed by atoms with Crippen LogP contribution < -0.4 is 4.90 Å². The molecule has 2 amide bonds. The van der Waals surface area contributed by atoms with Crippen LogP contribution in [0.3, 0.4) is 0 Å². The van der Waals surface area contributed by atoms with Gasteiger partial charge in [0.05, 0.1) is 17.5 Å². The Kier molecular flexibility index (Phi) is 2.82. The molecule has 1 aliphatic heterocycles. The minimum Gasteiger partial charge on any atom is -0.274 e. The van der Waals surface area contributed by atoms with E-state index in [-0.39, 0.29) is 35.5 Å². The molecule has 0 N–H and O–H groups in total. The van der Waals surface area contributed by atoms with Crippen molar-refractivity contribution in [2.75, 3.05) is 4.90 Å². The van der Waals surface area contributed by atoms with Crippen LogP contribution in [0, 0.1) is 11.8 Å². The number of hydrogen-bond acceptors (Lipinski definition) is 3. The van der Waals surface area contributed by atoms with Crippen molar-refractivity contribution < 1.29 is 9.59 Å². The maximum Gasteiger partial charge on any atom is 0.238 e. The quantitative estimate of drug-likeness (QED) is 0.630. The van der Waals surface area contributed by atoms with Crippen LogP contribution in [0.1, 0.15) is 34.1 Å². The van der Waals surface area contributed by atoms with Crippen LogP contribution in [-0.2, 0) is 9.59 Å². The Balaban J connectivity index is 1.60. The van der Waals surface area contributed by atoms with Gasteiger partial charge in [0.15, 0.2) is 0 Å². The van der Waals surface area contributed by atoms with Gasteiger partial charge in [0, 0.05) is 24.2 Å². The lowest BCUT2D eigenvalue weighted by atomic mass is 9.55. The summed E-state index contributed by atoms with van der Waals surface area (Å²) in [5.41, 5.74) is 5.39. The fourth-order valence-corrected chi connectivity index (χ4v) is 5.42. The Morgan fingerprint density at radius 3 is 1.44 bits per heavy atom. The van der Waals surface area contributed by atoms with Crippen LogP contribution in [0.4, 0.5) is 5.69 Å². The summed E-state index contributed by atoms with van der Waals surface area (Å²) in [4.78, 5) is 32.3. The van der Waals surface area contributed by atoms with Crippen molar-refractivity contribution in [3.63, 3.8) is 0 Å². The van der Waals surface area contributed by atoms with Crippen LogP contribution in [0.15, 0.2) is 73.1 Å². The van der Waals surface area contributed by atoms with Gasteiger partial charge in [-0.25, -0.2) is 4.90 Å². The SMILES string of the molecule is O=C1[C@H]2C3c4ccccc4C(c4ccccc43)[C@@H]2C(=O)N1c1ccncc1. The van der Waals surface area contributed by atoms with Gasteiger partial charge in [0.1, 0.15) is 0 Å². The molecule has 7 rings (SSSR count). The number of amides is 2. The zero-order valence-electron chi connectivity index (χ0n) is 14.4. The first-order chi connectivity index (χ1) is 13.3. The van der Waals surface area contributed by atoms with Gasteiger partial charge in [-0.1, -0.05) is 48.5 Å². The van der Waals surface area contributed by atoms with Gasteiger partial charge in [-0.3, -0.25) is 14.6 Å². The van der Waals surface area contributed by atoms with Crippen LogP contribution in [0.25, 0.3) is 0 Å². The molecule has 4 aliphatic rings. The molecule has 3 aliphatic carbocycles. The minimum absolute atomic E-state index is 0.0595. The Bertz CT molecular complexity index is 993. The smallest absolute Gasteiger partial charge is 0.238 e. The van der Waals surface area contributed by atoms with Gasteiger partial charge in [-0.15, -0.1) is 0 Å². The van der Waals surface area contributed by atoms with Crippen molar-refractivity contribution in [3.8, 4) is 0 Å². The second-order valence-corrected chi connectivity index (χ2v) is 7.48. The van der Waals surface area contributed by atoms with E-state index in [1.165, 1.54) is 27.2 Å². The van der Waals surface area contributed by atoms with Crippen LogP contribution >= 0.6 is 0 Å². The molecule has 1 saturated heterocycles. The third-order valence-corrected chi connectivity index (χ3v) is 6.37. The van der Waals surface area contributed by atoms with E-state index in [1.807, 2.05) is 24.3 Å². The molecule has 0 unspecified atom stereocenters. The van der Waals surface area contributed by atoms with E-state index >= 15 is 0 Å². The number of nitrogens with zero attached hydrogens (tertiary/aromatic N) is 2. The van der Waals surface area contributed by atoms with Crippen LogP contribution in [0.2, 0.25) is 0 Å². The van der Waals surface area contributed by atoms with Crippen molar-refractivity contribution in [2.24, 2.45) is 11.8 Å². The van der Waals surface area contributed by atoms with Crippen molar-refractivity contribution in [3.05, 3.63) is 95.3 Å². The molecule has 4 nitrogen and oxygen atoms in total. The summed E-state index contributed by atoms with van der Waals surface area (Å²) in [5, 5.41) is 0. The molecule has 2 atom stereocenters. The largest absolute Gasteiger partial charge is 0.274 e. The average Bonchev–Trinajstić information content (AvgIpc) is 3.00. The highest BCUT2D eigenvalue weighted by Crippen LogP contribution is 2.61. The number of aromatic nitrogens is 1. The summed E-state index contributed by atoms with van der Waals surface area (Å²) in [6.07, 6.45) is 3.24. The van der Waals surface area contributed by atoms with E-state index < -0.39 is 0 Å². The van der Waals surface area contributed by atoms with E-state index in [1.54, 1.807) is 24.5 Å². The summed E-state index contributed by atoms with van der Waals surface area (Å²) >= 11 is 0. The number of carbonyl (C=O) groups excluding carboxylic acids is 2. The molecule has 0 saturated carbocycles. The summed E-state index contributed by atoms with van der Waals surface area (Å²) in [7, 11) is 0. The first-order valence-corrected chi connectivity index (χ1v) is 9.23. The van der Waals surface area contributed by atoms with Gasteiger partial charge in [-0.05, 0) is 34.4 Å². The Hall–Kier alpha value is -3.27. The number of pyridine rings is 1. The molecule has 1 fully saturated rings. The lowest BCUT2D eigenvalue weighted by Crippen LogP contribution is -2.41. The number of hydrogen-bond donors (Lipinski definition) is 0. The highest BCUT2D eigenvalue weighted by molar-refractivity contribution is 6.23. The molecule has 0 radical (unpaired) electrons. The van der Waals surface area contributed by atoms with E-state index in [4.69, 9.17) is 0 Å². The molecule has 1 aromatic heterocycles. The average molecular weight is 352 g/mol. The van der Waals surface area contributed by atoms with Crippen LogP contribution in [-0.4, -0.2) is 16.8 Å². The summed E-state index contributed by atoms with van der Waals surface area (Å²) in [5.74, 6) is -0.960. The molecule has 3 aromatic rings. The van der Waals surface area contributed by atoms with Crippen molar-refractivity contribution in [1.82, 2.24) is 4.98 Å². The highest BCUT2D eigenvalue weighted by atomic mass is 16.2. The third kappa shape index (κ3) is 1.75. The van der Waals surface area contributed by atoms with E-state index in [0.29, 0.717) is 5.69 Å². The normalized spacial score (nSPS) is 27.3. The topological polar surface area (TPSA) is 50.3 Å². The minimum atomic E-state index is -0.333. The Morgan fingerprint density at radius 2 is 1.04 bits per heavy atom. The second kappa shape index (κ2) is 5.13. The standard InChI is InChI=1S/C23H16N2O2/c26-22-20-18-14-5-1-2-6-15(14)19(17-8-4-3-7-16(17)18)21(20)23(27)25(22)13-9-11-24-12-10-13/h1-12,18-21H/t18?,19?,20-,21-/m0/s1. The molecule has 27 heavy (non-hydrogen) atoms. The van der Waals surface area contributed by atoms with Crippen molar-refractivity contribution >= 4 is 17.5 Å². The predicted octanol–water partition coefficient (Wildman–Crippen LogP) is 3.48. The van der Waals surface area contributed by atoms with Gasteiger partial charge in [0.25, 0.3) is 0 Å². The fourth-order valence-electron chi connectivity index (χ4n) is 5.42.